The standard InChI is InChI=1S/C24H16N2.C4H11NO3.ClH.5H2O.Ru/c1-3-7-17(8-4-1)19-13-15-25-23-21(19)11-12-22-20(14-16-26-24(22)23)18-9-5-2-6-10-18;5-4(1-6,2-7)3-8;;;;;;;/h1-16H;6-8H,1-3,5H2;1H;5*1H2;. The Morgan fingerprint density at radius 1 is 0.537 bits per heavy atom. The summed E-state index contributed by atoms with van der Waals surface area (Å²) >= 11 is 0. The molecule has 228 valence electrons. The first-order valence-electron chi connectivity index (χ1n) is 11.0. The van der Waals surface area contributed by atoms with Gasteiger partial charge in [-0.2, -0.15) is 0 Å². The van der Waals surface area contributed by atoms with Crippen molar-refractivity contribution in [3.05, 3.63) is 97.3 Å². The Bertz CT molecular complexity index is 1290. The summed E-state index contributed by atoms with van der Waals surface area (Å²) in [5, 5.41) is 27.3. The van der Waals surface area contributed by atoms with Crippen LogP contribution in [0.15, 0.2) is 97.3 Å². The van der Waals surface area contributed by atoms with Crippen LogP contribution in [0.3, 0.4) is 0 Å². The van der Waals surface area contributed by atoms with Gasteiger partial charge in [0.15, 0.2) is 0 Å². The summed E-state index contributed by atoms with van der Waals surface area (Å²) in [6.45, 7) is -1.21. The Hall–Kier alpha value is -2.97. The molecular weight excluding hydrogens is 643 g/mol. The van der Waals surface area contributed by atoms with E-state index in [0.717, 1.165) is 21.8 Å². The third-order valence-corrected chi connectivity index (χ3v) is 5.74. The number of hydrogen-bond acceptors (Lipinski definition) is 6. The van der Waals surface area contributed by atoms with E-state index >= 15 is 0 Å². The molecule has 0 aliphatic carbocycles. The van der Waals surface area contributed by atoms with Gasteiger partial charge in [-0.3, -0.25) is 9.97 Å². The monoisotopic (exact) mass is 681 g/mol. The average Bonchev–Trinajstić information content (AvgIpc) is 2.93. The van der Waals surface area contributed by atoms with Gasteiger partial charge >= 0.3 is 0 Å². The number of halogens is 1. The van der Waals surface area contributed by atoms with Crippen LogP contribution in [-0.4, -0.2) is 78.0 Å². The minimum absolute atomic E-state index is 0. The third kappa shape index (κ3) is 10.1. The second kappa shape index (κ2) is 20.8. The molecule has 15 N–H and O–H groups in total. The number of aromatic nitrogens is 2. The second-order valence-corrected chi connectivity index (χ2v) is 8.14. The molecule has 3 aromatic carbocycles. The summed E-state index contributed by atoms with van der Waals surface area (Å²) in [5.74, 6) is 0. The Morgan fingerprint density at radius 2 is 0.854 bits per heavy atom. The van der Waals surface area contributed by atoms with Crippen molar-refractivity contribution >= 4 is 34.2 Å². The van der Waals surface area contributed by atoms with E-state index in [9.17, 15) is 0 Å². The van der Waals surface area contributed by atoms with Gasteiger partial charge in [-0.25, -0.2) is 0 Å². The van der Waals surface area contributed by atoms with Crippen molar-refractivity contribution in [1.82, 2.24) is 9.97 Å². The zero-order valence-electron chi connectivity index (χ0n) is 21.9. The van der Waals surface area contributed by atoms with Gasteiger partial charge in [0, 0.05) is 42.6 Å². The number of aliphatic hydroxyl groups is 3. The molecular formula is C28H38ClN3O8Ru. The first kappa shape index (κ1) is 45.0. The second-order valence-electron chi connectivity index (χ2n) is 8.14. The molecule has 0 bridgehead atoms. The summed E-state index contributed by atoms with van der Waals surface area (Å²) in [6, 6.07) is 29.3. The van der Waals surface area contributed by atoms with Crippen LogP contribution in [0.4, 0.5) is 0 Å². The predicted octanol–water partition coefficient (Wildman–Crippen LogP) is 0.0736. The van der Waals surface area contributed by atoms with Crippen LogP contribution in [0.2, 0.25) is 0 Å². The molecule has 2 heterocycles. The number of pyridine rings is 2. The third-order valence-electron chi connectivity index (χ3n) is 5.74. The summed E-state index contributed by atoms with van der Waals surface area (Å²) in [6.07, 6.45) is 3.75. The molecule has 0 amide bonds. The van der Waals surface area contributed by atoms with E-state index in [1.807, 2.05) is 24.5 Å². The van der Waals surface area contributed by atoms with Gasteiger partial charge in [0.25, 0.3) is 0 Å². The first-order chi connectivity index (χ1) is 16.6. The van der Waals surface area contributed by atoms with Crippen molar-refractivity contribution in [2.24, 2.45) is 5.73 Å². The van der Waals surface area contributed by atoms with Crippen LogP contribution in [-0.2, 0) is 19.5 Å². The molecule has 41 heavy (non-hydrogen) atoms. The number of aliphatic hydroxyl groups excluding tert-OH is 3. The number of benzene rings is 3. The predicted molar refractivity (Wildman–Crippen MR) is 161 cm³/mol. The number of nitrogens with zero attached hydrogens (tertiary/aromatic N) is 2. The van der Waals surface area contributed by atoms with E-state index in [4.69, 9.17) is 21.1 Å². The molecule has 13 heteroatoms. The van der Waals surface area contributed by atoms with E-state index in [2.05, 4.69) is 82.8 Å². The molecule has 2 aromatic heterocycles. The van der Waals surface area contributed by atoms with E-state index < -0.39 is 25.4 Å². The maximum Gasteiger partial charge on any atom is 0.0970 e. The molecule has 0 unspecified atom stereocenters. The number of fused-ring (bicyclic) bond motifs is 3. The van der Waals surface area contributed by atoms with Crippen LogP contribution in [0.25, 0.3) is 44.1 Å². The molecule has 0 saturated heterocycles. The maximum atomic E-state index is 8.34. The Balaban J connectivity index is -0.000000409. The topological polar surface area (TPSA) is 270 Å². The summed E-state index contributed by atoms with van der Waals surface area (Å²) < 4.78 is 0. The molecule has 0 spiro atoms. The van der Waals surface area contributed by atoms with Gasteiger partial charge < -0.3 is 48.4 Å². The molecule has 5 rings (SSSR count). The molecule has 0 fully saturated rings. The molecule has 0 saturated carbocycles. The van der Waals surface area contributed by atoms with Crippen molar-refractivity contribution in [3.8, 4) is 22.3 Å². The summed E-state index contributed by atoms with van der Waals surface area (Å²) in [4.78, 5) is 9.34. The number of rotatable bonds is 5. The maximum absolute atomic E-state index is 8.34. The van der Waals surface area contributed by atoms with Gasteiger partial charge in [-0.1, -0.05) is 72.8 Å². The Labute approximate surface area is 256 Å². The normalized spacial score (nSPS) is 9.37. The zero-order chi connectivity index (χ0) is 24.0. The van der Waals surface area contributed by atoms with Crippen molar-refractivity contribution in [1.29, 1.82) is 0 Å². The van der Waals surface area contributed by atoms with E-state index in [0.29, 0.717) is 0 Å². The fourth-order valence-electron chi connectivity index (χ4n) is 3.72. The molecule has 5 aromatic rings. The van der Waals surface area contributed by atoms with E-state index in [1.54, 1.807) is 0 Å². The first-order valence-corrected chi connectivity index (χ1v) is 11.0. The van der Waals surface area contributed by atoms with Crippen molar-refractivity contribution in [2.75, 3.05) is 19.8 Å². The quantitative estimate of drug-likeness (QED) is 0.147. The fourth-order valence-corrected chi connectivity index (χ4v) is 3.72. The Morgan fingerprint density at radius 3 is 1.12 bits per heavy atom. The minimum Gasteiger partial charge on any atom is -0.412 e. The van der Waals surface area contributed by atoms with Crippen LogP contribution in [0, 0.1) is 0 Å². The summed E-state index contributed by atoms with van der Waals surface area (Å²) in [7, 11) is 0. The molecule has 0 aliphatic heterocycles. The molecule has 0 radical (unpaired) electrons. The number of hydrogen-bond donors (Lipinski definition) is 4. The Kier molecular flexibility index (Phi) is 22.9. The van der Waals surface area contributed by atoms with Crippen LogP contribution < -0.4 is 5.73 Å². The zero-order valence-corrected chi connectivity index (χ0v) is 24.5. The average molecular weight is 681 g/mol. The van der Waals surface area contributed by atoms with Crippen molar-refractivity contribution < 1.29 is 62.2 Å². The van der Waals surface area contributed by atoms with Crippen LogP contribution in [0.5, 0.6) is 0 Å². The van der Waals surface area contributed by atoms with Gasteiger partial charge in [-0.15, -0.1) is 12.4 Å². The number of nitrogens with two attached hydrogens (primary N) is 1. The fraction of sp³-hybridized carbons (Fsp3) is 0.143. The van der Waals surface area contributed by atoms with Gasteiger partial charge in [0.1, 0.15) is 0 Å². The van der Waals surface area contributed by atoms with Gasteiger partial charge in [0.05, 0.1) is 36.4 Å². The molecule has 0 atom stereocenters. The van der Waals surface area contributed by atoms with Crippen molar-refractivity contribution in [2.45, 2.75) is 5.54 Å². The summed E-state index contributed by atoms with van der Waals surface area (Å²) in [5.41, 5.74) is 10.6. The minimum atomic E-state index is -1.21. The van der Waals surface area contributed by atoms with Gasteiger partial charge in [-0.05, 0) is 34.4 Å². The van der Waals surface area contributed by atoms with Crippen molar-refractivity contribution in [3.63, 3.8) is 0 Å². The molecule has 11 nitrogen and oxygen atoms in total. The van der Waals surface area contributed by atoms with E-state index in [1.165, 1.54) is 22.3 Å². The largest absolute Gasteiger partial charge is 0.412 e. The van der Waals surface area contributed by atoms with E-state index in [-0.39, 0.29) is 59.3 Å². The smallest absolute Gasteiger partial charge is 0.0970 e. The van der Waals surface area contributed by atoms with Crippen LogP contribution in [0.1, 0.15) is 0 Å². The van der Waals surface area contributed by atoms with Crippen LogP contribution >= 0.6 is 12.4 Å². The SMILES string of the molecule is Cl.NC(CO)(CO)CO.O.O.O.O.O.[Ru].c1ccc(-c2ccnc3c2ccc2c(-c4ccccc4)ccnc23)cc1. The molecule has 0 aliphatic rings. The van der Waals surface area contributed by atoms with Gasteiger partial charge in [0.2, 0.25) is 0 Å².